The lowest BCUT2D eigenvalue weighted by molar-refractivity contribution is 0.0597. The van der Waals surface area contributed by atoms with Gasteiger partial charge in [-0.1, -0.05) is 58.7 Å². The topological polar surface area (TPSA) is 63.4 Å². The summed E-state index contributed by atoms with van der Waals surface area (Å²) in [5, 5.41) is 9.48. The van der Waals surface area contributed by atoms with E-state index in [1.54, 1.807) is 0 Å². The molecule has 1 aromatic heterocycles. The first-order valence-electron chi connectivity index (χ1n) is 12.5. The van der Waals surface area contributed by atoms with E-state index in [9.17, 15) is 0 Å². The number of ether oxygens (including phenoxy) is 1. The van der Waals surface area contributed by atoms with Gasteiger partial charge in [-0.15, -0.1) is 0 Å². The third-order valence-electron chi connectivity index (χ3n) is 7.45. The molecular weight excluding hydrogens is 483 g/mol. The Bertz CT molecular complexity index is 1090. The molecule has 8 heteroatoms. The van der Waals surface area contributed by atoms with Crippen molar-refractivity contribution in [3.05, 3.63) is 81.4 Å². The van der Waals surface area contributed by atoms with Gasteiger partial charge in [-0.2, -0.15) is 4.98 Å². The van der Waals surface area contributed by atoms with E-state index >= 15 is 0 Å². The lowest BCUT2D eigenvalue weighted by atomic mass is 9.73. The SMILES string of the molecule is Clc1ccc(C2(c3noc(CNCCN4CCC(c5ccccc5Cl)CC4)n3)CCOCC2)cc1. The second-order valence-electron chi connectivity index (χ2n) is 9.53. The second-order valence-corrected chi connectivity index (χ2v) is 10.4. The van der Waals surface area contributed by atoms with Crippen LogP contribution in [-0.4, -0.2) is 54.4 Å². The van der Waals surface area contributed by atoms with Gasteiger partial charge in [-0.3, -0.25) is 0 Å². The molecule has 5 rings (SSSR count). The van der Waals surface area contributed by atoms with E-state index in [0.717, 1.165) is 73.3 Å². The predicted octanol–water partition coefficient (Wildman–Crippen LogP) is 5.44. The van der Waals surface area contributed by atoms with Gasteiger partial charge < -0.3 is 19.5 Å². The zero-order valence-corrected chi connectivity index (χ0v) is 21.4. The molecule has 2 aromatic carbocycles. The first-order chi connectivity index (χ1) is 17.1. The number of nitrogens with one attached hydrogen (secondary N) is 1. The highest BCUT2D eigenvalue weighted by Gasteiger charge is 2.40. The lowest BCUT2D eigenvalue weighted by Crippen LogP contribution is -2.37. The zero-order chi connectivity index (χ0) is 24.1. The van der Waals surface area contributed by atoms with Crippen molar-refractivity contribution in [2.75, 3.05) is 39.4 Å². The van der Waals surface area contributed by atoms with E-state index in [2.05, 4.69) is 39.6 Å². The van der Waals surface area contributed by atoms with Gasteiger partial charge in [-0.25, -0.2) is 0 Å². The Morgan fingerprint density at radius 2 is 1.74 bits per heavy atom. The normalized spacial score (nSPS) is 19.1. The minimum Gasteiger partial charge on any atom is -0.381 e. The van der Waals surface area contributed by atoms with Gasteiger partial charge in [0.05, 0.1) is 12.0 Å². The predicted molar refractivity (Wildman–Crippen MR) is 138 cm³/mol. The zero-order valence-electron chi connectivity index (χ0n) is 19.9. The number of aromatic nitrogens is 2. The summed E-state index contributed by atoms with van der Waals surface area (Å²) >= 11 is 12.5. The second kappa shape index (κ2) is 11.4. The van der Waals surface area contributed by atoms with Crippen molar-refractivity contribution in [2.45, 2.75) is 43.6 Å². The smallest absolute Gasteiger partial charge is 0.240 e. The van der Waals surface area contributed by atoms with Gasteiger partial charge >= 0.3 is 0 Å². The summed E-state index contributed by atoms with van der Waals surface area (Å²) in [4.78, 5) is 7.30. The standard InChI is InChI=1S/C27H32Cl2N4O2/c28-22-7-5-21(6-8-22)27(11-17-34-18-12-27)26-31-25(35-32-26)19-30-13-16-33-14-9-20(10-15-33)23-3-1-2-4-24(23)29/h1-8,20,30H,9-19H2. The van der Waals surface area contributed by atoms with Crippen molar-refractivity contribution in [2.24, 2.45) is 0 Å². The third-order valence-corrected chi connectivity index (χ3v) is 8.05. The maximum atomic E-state index is 6.40. The van der Waals surface area contributed by atoms with Gasteiger partial charge in [0.15, 0.2) is 5.82 Å². The number of nitrogens with zero attached hydrogens (tertiary/aromatic N) is 3. The molecule has 0 amide bonds. The van der Waals surface area contributed by atoms with Crippen LogP contribution in [0.25, 0.3) is 0 Å². The van der Waals surface area contributed by atoms with Crippen LogP contribution in [0.5, 0.6) is 0 Å². The van der Waals surface area contributed by atoms with E-state index in [1.165, 1.54) is 5.56 Å². The molecule has 35 heavy (non-hydrogen) atoms. The lowest BCUT2D eigenvalue weighted by Gasteiger charge is -2.34. The molecule has 3 heterocycles. The summed E-state index contributed by atoms with van der Waals surface area (Å²) < 4.78 is 11.3. The van der Waals surface area contributed by atoms with E-state index in [4.69, 9.17) is 37.4 Å². The average molecular weight is 515 g/mol. The summed E-state index contributed by atoms with van der Waals surface area (Å²) in [7, 11) is 0. The highest BCUT2D eigenvalue weighted by molar-refractivity contribution is 6.31. The van der Waals surface area contributed by atoms with Crippen molar-refractivity contribution in [1.29, 1.82) is 0 Å². The summed E-state index contributed by atoms with van der Waals surface area (Å²) in [6.07, 6.45) is 3.94. The Balaban J connectivity index is 1.12. The molecule has 186 valence electrons. The monoisotopic (exact) mass is 514 g/mol. The molecule has 0 aliphatic carbocycles. The fourth-order valence-corrected chi connectivity index (χ4v) is 5.77. The Morgan fingerprint density at radius 3 is 2.49 bits per heavy atom. The van der Waals surface area contributed by atoms with E-state index < -0.39 is 0 Å². The van der Waals surface area contributed by atoms with Gasteiger partial charge in [0, 0.05) is 36.3 Å². The molecule has 0 saturated carbocycles. The van der Waals surface area contributed by atoms with Crippen LogP contribution in [0.2, 0.25) is 10.0 Å². The largest absolute Gasteiger partial charge is 0.381 e. The van der Waals surface area contributed by atoms with Crippen LogP contribution in [-0.2, 0) is 16.7 Å². The number of benzene rings is 2. The molecule has 0 bridgehead atoms. The number of piperidine rings is 1. The number of hydrogen-bond donors (Lipinski definition) is 1. The molecule has 2 saturated heterocycles. The molecular formula is C27H32Cl2N4O2. The van der Waals surface area contributed by atoms with Crippen molar-refractivity contribution in [3.63, 3.8) is 0 Å². The minimum absolute atomic E-state index is 0.295. The van der Waals surface area contributed by atoms with Crippen LogP contribution in [0.15, 0.2) is 53.1 Å². The molecule has 0 unspecified atom stereocenters. The van der Waals surface area contributed by atoms with Crippen molar-refractivity contribution < 1.29 is 9.26 Å². The molecule has 1 N–H and O–H groups in total. The molecule has 6 nitrogen and oxygen atoms in total. The Morgan fingerprint density at radius 1 is 1.00 bits per heavy atom. The summed E-state index contributed by atoms with van der Waals surface area (Å²) in [5.41, 5.74) is 2.15. The Hall–Kier alpha value is -1.96. The molecule has 2 fully saturated rings. The fraction of sp³-hybridized carbons (Fsp3) is 0.481. The summed E-state index contributed by atoms with van der Waals surface area (Å²) in [6.45, 7) is 5.99. The first kappa shape index (κ1) is 24.7. The average Bonchev–Trinajstić information content (AvgIpc) is 3.38. The number of hydrogen-bond acceptors (Lipinski definition) is 6. The van der Waals surface area contributed by atoms with Crippen LogP contribution in [0, 0.1) is 0 Å². The maximum absolute atomic E-state index is 6.40. The number of halogens is 2. The Labute approximate surface area is 216 Å². The van der Waals surface area contributed by atoms with Crippen LogP contribution < -0.4 is 5.32 Å². The van der Waals surface area contributed by atoms with Crippen LogP contribution >= 0.6 is 23.2 Å². The van der Waals surface area contributed by atoms with Crippen LogP contribution in [0.1, 0.15) is 54.4 Å². The minimum atomic E-state index is -0.295. The van der Waals surface area contributed by atoms with Crippen molar-refractivity contribution in [3.8, 4) is 0 Å². The summed E-state index contributed by atoms with van der Waals surface area (Å²) in [5.74, 6) is 1.92. The first-order valence-corrected chi connectivity index (χ1v) is 13.2. The van der Waals surface area contributed by atoms with Gasteiger partial charge in [0.1, 0.15) is 0 Å². The molecule has 0 radical (unpaired) electrons. The third kappa shape index (κ3) is 5.73. The van der Waals surface area contributed by atoms with E-state index in [-0.39, 0.29) is 5.41 Å². The van der Waals surface area contributed by atoms with Crippen LogP contribution in [0.4, 0.5) is 0 Å². The van der Waals surface area contributed by atoms with E-state index in [1.807, 2.05) is 24.3 Å². The molecule has 3 aromatic rings. The van der Waals surface area contributed by atoms with Gasteiger partial charge in [0.25, 0.3) is 0 Å². The van der Waals surface area contributed by atoms with Gasteiger partial charge in [-0.05, 0) is 74.0 Å². The van der Waals surface area contributed by atoms with Crippen LogP contribution in [0.3, 0.4) is 0 Å². The molecule has 2 aliphatic rings. The quantitative estimate of drug-likeness (QED) is 0.403. The number of rotatable bonds is 8. The fourth-order valence-electron chi connectivity index (χ4n) is 5.36. The maximum Gasteiger partial charge on any atom is 0.240 e. The highest BCUT2D eigenvalue weighted by atomic mass is 35.5. The Kier molecular flexibility index (Phi) is 8.05. The van der Waals surface area contributed by atoms with E-state index in [0.29, 0.717) is 31.6 Å². The van der Waals surface area contributed by atoms with Crippen molar-refractivity contribution >= 4 is 23.2 Å². The molecule has 0 spiro atoms. The molecule has 0 atom stereocenters. The summed E-state index contributed by atoms with van der Waals surface area (Å²) in [6, 6.07) is 16.2. The number of likely N-dealkylation sites (tertiary alicyclic amines) is 1. The highest BCUT2D eigenvalue weighted by Crippen LogP contribution is 2.40. The van der Waals surface area contributed by atoms with Crippen molar-refractivity contribution in [1.82, 2.24) is 20.4 Å². The van der Waals surface area contributed by atoms with Gasteiger partial charge in [0.2, 0.25) is 5.89 Å². The molecule has 2 aliphatic heterocycles.